The van der Waals surface area contributed by atoms with Gasteiger partial charge in [0.25, 0.3) is 0 Å². The summed E-state index contributed by atoms with van der Waals surface area (Å²) in [5, 5.41) is 3.42. The maximum Gasteiger partial charge on any atom is 0.142 e. The summed E-state index contributed by atoms with van der Waals surface area (Å²) >= 11 is 0. The minimum absolute atomic E-state index is 0.576. The lowest BCUT2D eigenvalue weighted by Gasteiger charge is -2.31. The molecule has 1 N–H and O–H groups in total. The van der Waals surface area contributed by atoms with E-state index in [1.165, 1.54) is 0 Å². The first kappa shape index (κ1) is 9.55. The zero-order valence-corrected chi connectivity index (χ0v) is 8.48. The molecule has 76 valence electrons. The zero-order valence-electron chi connectivity index (χ0n) is 8.48. The Kier molecular flexibility index (Phi) is 3.06. The number of aromatic nitrogens is 2. The van der Waals surface area contributed by atoms with Gasteiger partial charge in [-0.15, -0.1) is 0 Å². The third kappa shape index (κ3) is 2.49. The SMILES string of the molecule is CC1CN(Cc2ncccn2)CCN1. The van der Waals surface area contributed by atoms with Crippen LogP contribution >= 0.6 is 0 Å². The van der Waals surface area contributed by atoms with E-state index < -0.39 is 0 Å². The Balaban J connectivity index is 1.91. The Morgan fingerprint density at radius 3 is 3.00 bits per heavy atom. The molecule has 0 aliphatic carbocycles. The van der Waals surface area contributed by atoms with Crippen LogP contribution < -0.4 is 5.32 Å². The first-order chi connectivity index (χ1) is 6.84. The fourth-order valence-electron chi connectivity index (χ4n) is 1.77. The van der Waals surface area contributed by atoms with Gasteiger partial charge in [0.15, 0.2) is 0 Å². The normalized spacial score (nSPS) is 23.6. The van der Waals surface area contributed by atoms with Gasteiger partial charge >= 0.3 is 0 Å². The molecule has 4 nitrogen and oxygen atoms in total. The molecule has 2 rings (SSSR count). The van der Waals surface area contributed by atoms with Gasteiger partial charge in [0.05, 0.1) is 6.54 Å². The van der Waals surface area contributed by atoms with E-state index in [0.29, 0.717) is 6.04 Å². The summed E-state index contributed by atoms with van der Waals surface area (Å²) in [6.07, 6.45) is 3.60. The van der Waals surface area contributed by atoms with Crippen molar-refractivity contribution in [2.75, 3.05) is 19.6 Å². The van der Waals surface area contributed by atoms with Crippen LogP contribution in [0.1, 0.15) is 12.7 Å². The Labute approximate surface area is 84.4 Å². The van der Waals surface area contributed by atoms with Crippen LogP contribution in [0.25, 0.3) is 0 Å². The van der Waals surface area contributed by atoms with Crippen molar-refractivity contribution in [2.24, 2.45) is 0 Å². The summed E-state index contributed by atoms with van der Waals surface area (Å²) in [4.78, 5) is 10.8. The van der Waals surface area contributed by atoms with Gasteiger partial charge in [-0.2, -0.15) is 0 Å². The summed E-state index contributed by atoms with van der Waals surface area (Å²) < 4.78 is 0. The van der Waals surface area contributed by atoms with E-state index in [9.17, 15) is 0 Å². The van der Waals surface area contributed by atoms with E-state index in [2.05, 4.69) is 27.1 Å². The number of rotatable bonds is 2. The third-order valence-corrected chi connectivity index (χ3v) is 2.44. The van der Waals surface area contributed by atoms with E-state index >= 15 is 0 Å². The van der Waals surface area contributed by atoms with E-state index in [0.717, 1.165) is 32.0 Å². The van der Waals surface area contributed by atoms with Crippen LogP contribution in [0.2, 0.25) is 0 Å². The molecule has 4 heteroatoms. The van der Waals surface area contributed by atoms with Crippen LogP contribution in [0, 0.1) is 0 Å². The fourth-order valence-corrected chi connectivity index (χ4v) is 1.77. The van der Waals surface area contributed by atoms with Crippen LogP contribution in [0.4, 0.5) is 0 Å². The minimum atomic E-state index is 0.576. The van der Waals surface area contributed by atoms with Gasteiger partial charge in [-0.3, -0.25) is 4.90 Å². The van der Waals surface area contributed by atoms with Crippen LogP contribution in [0.5, 0.6) is 0 Å². The van der Waals surface area contributed by atoms with Gasteiger partial charge in [-0.1, -0.05) is 0 Å². The summed E-state index contributed by atoms with van der Waals surface area (Å²) in [6, 6.07) is 2.43. The molecule has 2 heterocycles. The topological polar surface area (TPSA) is 41.1 Å². The fraction of sp³-hybridized carbons (Fsp3) is 0.600. The Morgan fingerprint density at radius 1 is 1.50 bits per heavy atom. The third-order valence-electron chi connectivity index (χ3n) is 2.44. The molecule has 1 saturated heterocycles. The van der Waals surface area contributed by atoms with Gasteiger partial charge in [0, 0.05) is 38.1 Å². The maximum absolute atomic E-state index is 4.22. The van der Waals surface area contributed by atoms with E-state index in [1.807, 2.05) is 6.07 Å². The maximum atomic E-state index is 4.22. The lowest BCUT2D eigenvalue weighted by molar-refractivity contribution is 0.195. The summed E-state index contributed by atoms with van der Waals surface area (Å²) in [6.45, 7) is 6.31. The smallest absolute Gasteiger partial charge is 0.142 e. The van der Waals surface area contributed by atoms with Gasteiger partial charge < -0.3 is 5.32 Å². The number of hydrogen-bond acceptors (Lipinski definition) is 4. The monoisotopic (exact) mass is 192 g/mol. The first-order valence-electron chi connectivity index (χ1n) is 5.06. The van der Waals surface area contributed by atoms with Crippen LogP contribution in [-0.2, 0) is 6.54 Å². The Hall–Kier alpha value is -1.00. The molecule has 0 aromatic carbocycles. The Morgan fingerprint density at radius 2 is 2.29 bits per heavy atom. The molecule has 1 fully saturated rings. The molecular formula is C10H16N4. The first-order valence-corrected chi connectivity index (χ1v) is 5.06. The van der Waals surface area contributed by atoms with Crippen molar-refractivity contribution < 1.29 is 0 Å². The predicted octanol–water partition coefficient (Wildman–Crippen LogP) is 0.270. The molecule has 1 aliphatic rings. The van der Waals surface area contributed by atoms with Gasteiger partial charge in [-0.05, 0) is 13.0 Å². The molecule has 0 radical (unpaired) electrons. The quantitative estimate of drug-likeness (QED) is 0.730. The van der Waals surface area contributed by atoms with Gasteiger partial charge in [0.2, 0.25) is 0 Å². The molecular weight excluding hydrogens is 176 g/mol. The molecule has 1 aromatic heterocycles. The van der Waals surface area contributed by atoms with Crippen molar-refractivity contribution in [1.82, 2.24) is 20.2 Å². The highest BCUT2D eigenvalue weighted by Gasteiger charge is 2.15. The second-order valence-corrected chi connectivity index (χ2v) is 3.76. The number of hydrogen-bond donors (Lipinski definition) is 1. The highest BCUT2D eigenvalue weighted by Crippen LogP contribution is 2.02. The van der Waals surface area contributed by atoms with Crippen LogP contribution in [0.3, 0.4) is 0 Å². The zero-order chi connectivity index (χ0) is 9.80. The van der Waals surface area contributed by atoms with Crippen molar-refractivity contribution in [3.05, 3.63) is 24.3 Å². The molecule has 14 heavy (non-hydrogen) atoms. The lowest BCUT2D eigenvalue weighted by Crippen LogP contribution is -2.48. The molecule has 0 saturated carbocycles. The second-order valence-electron chi connectivity index (χ2n) is 3.76. The summed E-state index contributed by atoms with van der Waals surface area (Å²) in [7, 11) is 0. The molecule has 1 aromatic rings. The van der Waals surface area contributed by atoms with E-state index in [4.69, 9.17) is 0 Å². The molecule has 0 amide bonds. The average Bonchev–Trinajstić information content (AvgIpc) is 2.19. The van der Waals surface area contributed by atoms with Gasteiger partial charge in [0.1, 0.15) is 5.82 Å². The number of piperazine rings is 1. The highest BCUT2D eigenvalue weighted by atomic mass is 15.2. The van der Waals surface area contributed by atoms with Crippen LogP contribution in [-0.4, -0.2) is 40.5 Å². The summed E-state index contributed by atoms with van der Waals surface area (Å²) in [5.74, 6) is 0.918. The largest absolute Gasteiger partial charge is 0.312 e. The van der Waals surface area contributed by atoms with Crippen molar-refractivity contribution in [2.45, 2.75) is 19.5 Å². The van der Waals surface area contributed by atoms with Gasteiger partial charge in [-0.25, -0.2) is 9.97 Å². The molecule has 1 aliphatic heterocycles. The van der Waals surface area contributed by atoms with Crippen molar-refractivity contribution in [1.29, 1.82) is 0 Å². The van der Waals surface area contributed by atoms with E-state index in [1.54, 1.807) is 12.4 Å². The molecule has 0 spiro atoms. The second kappa shape index (κ2) is 4.48. The van der Waals surface area contributed by atoms with Crippen molar-refractivity contribution in [3.8, 4) is 0 Å². The lowest BCUT2D eigenvalue weighted by atomic mass is 10.2. The minimum Gasteiger partial charge on any atom is -0.312 e. The highest BCUT2D eigenvalue weighted by molar-refractivity contribution is 4.89. The molecule has 1 atom stereocenters. The van der Waals surface area contributed by atoms with Crippen molar-refractivity contribution in [3.63, 3.8) is 0 Å². The predicted molar refractivity (Wildman–Crippen MR) is 54.8 cm³/mol. The number of nitrogens with zero attached hydrogens (tertiary/aromatic N) is 3. The Bertz CT molecular complexity index is 275. The number of nitrogens with one attached hydrogen (secondary N) is 1. The van der Waals surface area contributed by atoms with Crippen LogP contribution in [0.15, 0.2) is 18.5 Å². The summed E-state index contributed by atoms with van der Waals surface area (Å²) in [5.41, 5.74) is 0. The van der Waals surface area contributed by atoms with E-state index in [-0.39, 0.29) is 0 Å². The standard InChI is InChI=1S/C10H16N4/c1-9-7-14(6-5-11-9)8-10-12-3-2-4-13-10/h2-4,9,11H,5-8H2,1H3. The molecule has 1 unspecified atom stereocenters. The van der Waals surface area contributed by atoms with Crippen molar-refractivity contribution >= 4 is 0 Å². The molecule has 0 bridgehead atoms. The average molecular weight is 192 g/mol.